The van der Waals surface area contributed by atoms with Crippen LogP contribution < -0.4 is 0 Å². The van der Waals surface area contributed by atoms with Gasteiger partial charge in [0.15, 0.2) is 11.5 Å². The lowest BCUT2D eigenvalue weighted by Crippen LogP contribution is -2.44. The van der Waals surface area contributed by atoms with Crippen LogP contribution in [-0.4, -0.2) is 55.4 Å². The van der Waals surface area contributed by atoms with E-state index >= 15 is 0 Å². The molecule has 0 amide bonds. The summed E-state index contributed by atoms with van der Waals surface area (Å²) in [5.41, 5.74) is -1.75. The standard InChI is InChI=1S/C13H22FN3O4S/c1-3-10-22(18,19)17-7-5-13(14,6-8-17)12-15-11(16-21-12)4-9-20-2/h3-10H2,1-2H3. The summed E-state index contributed by atoms with van der Waals surface area (Å²) in [5.74, 6) is 0.426. The molecular formula is C13H22FN3O4S. The van der Waals surface area contributed by atoms with Gasteiger partial charge in [0.05, 0.1) is 12.4 Å². The first-order valence-corrected chi connectivity index (χ1v) is 9.01. The van der Waals surface area contributed by atoms with E-state index in [1.54, 1.807) is 14.0 Å². The number of rotatable bonds is 7. The van der Waals surface area contributed by atoms with E-state index in [0.717, 1.165) is 0 Å². The summed E-state index contributed by atoms with van der Waals surface area (Å²) in [4.78, 5) is 4.07. The van der Waals surface area contributed by atoms with Crippen LogP contribution in [0, 0.1) is 0 Å². The molecule has 1 aliphatic heterocycles. The van der Waals surface area contributed by atoms with Crippen molar-refractivity contribution < 1.29 is 22.1 Å². The molecule has 1 saturated heterocycles. The highest BCUT2D eigenvalue weighted by Crippen LogP contribution is 2.36. The maximum atomic E-state index is 14.9. The van der Waals surface area contributed by atoms with Gasteiger partial charge in [0.2, 0.25) is 10.0 Å². The monoisotopic (exact) mass is 335 g/mol. The van der Waals surface area contributed by atoms with Gasteiger partial charge >= 0.3 is 0 Å². The molecule has 2 rings (SSSR count). The lowest BCUT2D eigenvalue weighted by molar-refractivity contribution is 0.0511. The van der Waals surface area contributed by atoms with Crippen molar-refractivity contribution in [2.24, 2.45) is 0 Å². The van der Waals surface area contributed by atoms with Crippen molar-refractivity contribution in [3.8, 4) is 0 Å². The van der Waals surface area contributed by atoms with Gasteiger partial charge in [0, 0.05) is 39.5 Å². The van der Waals surface area contributed by atoms with E-state index in [1.807, 2.05) is 0 Å². The van der Waals surface area contributed by atoms with Gasteiger partial charge in [-0.15, -0.1) is 0 Å². The Morgan fingerprint density at radius 2 is 2.09 bits per heavy atom. The van der Waals surface area contributed by atoms with E-state index < -0.39 is 15.7 Å². The third kappa shape index (κ3) is 3.82. The average Bonchev–Trinajstić information content (AvgIpc) is 2.95. The lowest BCUT2D eigenvalue weighted by atomic mass is 9.94. The van der Waals surface area contributed by atoms with E-state index in [0.29, 0.717) is 25.3 Å². The van der Waals surface area contributed by atoms with Crippen LogP contribution in [0.2, 0.25) is 0 Å². The summed E-state index contributed by atoms with van der Waals surface area (Å²) in [6, 6.07) is 0. The zero-order valence-corrected chi connectivity index (χ0v) is 13.7. The van der Waals surface area contributed by atoms with E-state index in [1.165, 1.54) is 4.31 Å². The van der Waals surface area contributed by atoms with E-state index in [4.69, 9.17) is 9.26 Å². The molecule has 7 nitrogen and oxygen atoms in total. The van der Waals surface area contributed by atoms with Gasteiger partial charge in [-0.1, -0.05) is 12.1 Å². The average molecular weight is 335 g/mol. The molecule has 0 N–H and O–H groups in total. The molecule has 0 bridgehead atoms. The Kier molecular flexibility index (Phi) is 5.51. The predicted molar refractivity (Wildman–Crippen MR) is 77.5 cm³/mol. The van der Waals surface area contributed by atoms with Gasteiger partial charge in [-0.05, 0) is 6.42 Å². The van der Waals surface area contributed by atoms with Gasteiger partial charge in [-0.3, -0.25) is 0 Å². The normalized spacial score (nSPS) is 19.4. The van der Waals surface area contributed by atoms with Crippen molar-refractivity contribution in [3.63, 3.8) is 0 Å². The Balaban J connectivity index is 2.01. The minimum absolute atomic E-state index is 0.0296. The molecule has 1 aromatic rings. The Morgan fingerprint density at radius 3 is 2.68 bits per heavy atom. The minimum Gasteiger partial charge on any atom is -0.384 e. The Labute approximate surface area is 129 Å². The first kappa shape index (κ1) is 17.3. The fourth-order valence-electron chi connectivity index (χ4n) is 2.45. The first-order valence-electron chi connectivity index (χ1n) is 7.40. The summed E-state index contributed by atoms with van der Waals surface area (Å²) >= 11 is 0. The molecule has 1 aromatic heterocycles. The third-order valence-electron chi connectivity index (χ3n) is 3.75. The number of alkyl halides is 1. The Morgan fingerprint density at radius 1 is 1.41 bits per heavy atom. The molecule has 22 heavy (non-hydrogen) atoms. The van der Waals surface area contributed by atoms with Gasteiger partial charge in [0.25, 0.3) is 5.89 Å². The molecule has 9 heteroatoms. The van der Waals surface area contributed by atoms with E-state index in [2.05, 4.69) is 10.1 Å². The number of methoxy groups -OCH3 is 1. The summed E-state index contributed by atoms with van der Waals surface area (Å²) in [6.07, 6.45) is 1.06. The number of sulfonamides is 1. The second kappa shape index (κ2) is 7.01. The number of aromatic nitrogens is 2. The van der Waals surface area contributed by atoms with Crippen LogP contribution in [0.15, 0.2) is 4.52 Å². The lowest BCUT2D eigenvalue weighted by Gasteiger charge is -2.33. The number of halogens is 1. The molecule has 1 fully saturated rings. The summed E-state index contributed by atoms with van der Waals surface area (Å²) in [5, 5.41) is 3.73. The van der Waals surface area contributed by atoms with Gasteiger partial charge in [0.1, 0.15) is 0 Å². The summed E-state index contributed by atoms with van der Waals surface area (Å²) in [6.45, 7) is 2.51. The second-order valence-electron chi connectivity index (χ2n) is 5.44. The van der Waals surface area contributed by atoms with E-state index in [9.17, 15) is 12.8 Å². The van der Waals surface area contributed by atoms with Crippen LogP contribution >= 0.6 is 0 Å². The molecule has 2 heterocycles. The molecule has 0 spiro atoms. The highest BCUT2D eigenvalue weighted by atomic mass is 32.2. The van der Waals surface area contributed by atoms with Crippen LogP contribution in [0.5, 0.6) is 0 Å². The molecule has 0 aliphatic carbocycles. The highest BCUT2D eigenvalue weighted by molar-refractivity contribution is 7.89. The maximum absolute atomic E-state index is 14.9. The molecular weight excluding hydrogens is 313 g/mol. The van der Waals surface area contributed by atoms with Gasteiger partial charge in [-0.25, -0.2) is 17.1 Å². The van der Waals surface area contributed by atoms with Crippen molar-refractivity contribution in [2.75, 3.05) is 32.6 Å². The van der Waals surface area contributed by atoms with Crippen molar-refractivity contribution >= 4 is 10.0 Å². The number of nitrogens with zero attached hydrogens (tertiary/aromatic N) is 3. The zero-order valence-electron chi connectivity index (χ0n) is 12.9. The fraction of sp³-hybridized carbons (Fsp3) is 0.846. The smallest absolute Gasteiger partial charge is 0.264 e. The van der Waals surface area contributed by atoms with E-state index in [-0.39, 0.29) is 37.6 Å². The quantitative estimate of drug-likeness (QED) is 0.746. The van der Waals surface area contributed by atoms with Crippen LogP contribution in [0.4, 0.5) is 4.39 Å². The topological polar surface area (TPSA) is 85.5 Å². The number of hydrogen-bond donors (Lipinski definition) is 0. The van der Waals surface area contributed by atoms with Crippen molar-refractivity contribution in [1.29, 1.82) is 0 Å². The Hall–Kier alpha value is -1.06. The molecule has 0 radical (unpaired) electrons. The third-order valence-corrected chi connectivity index (χ3v) is 5.83. The van der Waals surface area contributed by atoms with Crippen LogP contribution in [0.25, 0.3) is 0 Å². The largest absolute Gasteiger partial charge is 0.384 e. The fourth-order valence-corrected chi connectivity index (χ4v) is 3.96. The summed E-state index contributed by atoms with van der Waals surface area (Å²) in [7, 11) is -1.73. The SMILES string of the molecule is CCCS(=O)(=O)N1CCC(F)(c2nc(CCOC)no2)CC1. The molecule has 0 aromatic carbocycles. The maximum Gasteiger partial charge on any atom is 0.264 e. The second-order valence-corrected chi connectivity index (χ2v) is 7.53. The number of ether oxygens (including phenoxy) is 1. The molecule has 0 atom stereocenters. The van der Waals surface area contributed by atoms with Crippen molar-refractivity contribution in [1.82, 2.24) is 14.4 Å². The molecule has 1 aliphatic rings. The van der Waals surface area contributed by atoms with Crippen LogP contribution in [0.3, 0.4) is 0 Å². The van der Waals surface area contributed by atoms with Gasteiger partial charge < -0.3 is 9.26 Å². The molecule has 0 unspecified atom stereocenters. The van der Waals surface area contributed by atoms with Gasteiger partial charge in [-0.2, -0.15) is 4.98 Å². The van der Waals surface area contributed by atoms with Crippen LogP contribution in [-0.2, 0) is 26.8 Å². The molecule has 126 valence electrons. The van der Waals surface area contributed by atoms with Crippen molar-refractivity contribution in [3.05, 3.63) is 11.7 Å². The summed E-state index contributed by atoms with van der Waals surface area (Å²) < 4.78 is 50.2. The van der Waals surface area contributed by atoms with Crippen molar-refractivity contribution in [2.45, 2.75) is 38.3 Å². The highest BCUT2D eigenvalue weighted by Gasteiger charge is 2.43. The van der Waals surface area contributed by atoms with Crippen LogP contribution in [0.1, 0.15) is 37.9 Å². The minimum atomic E-state index is -3.29. The zero-order chi connectivity index (χ0) is 16.2. The first-order chi connectivity index (χ1) is 10.4. The number of piperidine rings is 1. The Bertz CT molecular complexity index is 582. The predicted octanol–water partition coefficient (Wildman–Crippen LogP) is 1.26. The number of hydrogen-bond acceptors (Lipinski definition) is 6. The molecule has 0 saturated carbocycles.